The summed E-state index contributed by atoms with van der Waals surface area (Å²) in [6, 6.07) is 22.2. The molecule has 1 N–H and O–H groups in total. The molecule has 5 heteroatoms. The third kappa shape index (κ3) is 5.57. The van der Waals surface area contributed by atoms with Crippen LogP contribution in [0.2, 0.25) is 0 Å². The second-order valence-electron chi connectivity index (χ2n) is 8.01. The largest absolute Gasteiger partial charge is 0.491 e. The van der Waals surface area contributed by atoms with Gasteiger partial charge in [-0.05, 0) is 54.3 Å². The Hall–Kier alpha value is -3.02. The van der Waals surface area contributed by atoms with Crippen molar-refractivity contribution in [2.75, 3.05) is 19.9 Å². The maximum Gasteiger partial charge on any atom is 0.231 e. The van der Waals surface area contributed by atoms with Gasteiger partial charge in [-0.2, -0.15) is 0 Å². The van der Waals surface area contributed by atoms with Crippen molar-refractivity contribution in [2.24, 2.45) is 0 Å². The van der Waals surface area contributed by atoms with Crippen molar-refractivity contribution < 1.29 is 19.3 Å². The quantitative estimate of drug-likeness (QED) is 0.554. The molecule has 1 unspecified atom stereocenters. The van der Waals surface area contributed by atoms with Crippen molar-refractivity contribution in [3.8, 4) is 17.2 Å². The number of fused-ring (bicyclic) bond motifs is 1. The van der Waals surface area contributed by atoms with Crippen molar-refractivity contribution in [3.63, 3.8) is 0 Å². The molecule has 0 bridgehead atoms. The van der Waals surface area contributed by atoms with E-state index >= 15 is 0 Å². The van der Waals surface area contributed by atoms with Crippen LogP contribution in [0.15, 0.2) is 66.7 Å². The van der Waals surface area contributed by atoms with Gasteiger partial charge in [0.05, 0.1) is 0 Å². The molecule has 0 aliphatic carbocycles. The van der Waals surface area contributed by atoms with E-state index in [1.54, 1.807) is 0 Å². The number of aliphatic hydroxyl groups excluding tert-OH is 1. The predicted molar refractivity (Wildman–Crippen MR) is 121 cm³/mol. The molecule has 162 valence electrons. The fourth-order valence-corrected chi connectivity index (χ4v) is 3.77. The number of hydrogen-bond acceptors (Lipinski definition) is 5. The summed E-state index contributed by atoms with van der Waals surface area (Å²) in [4.78, 5) is 2.24. The van der Waals surface area contributed by atoms with Crippen LogP contribution in [0.4, 0.5) is 0 Å². The fourth-order valence-electron chi connectivity index (χ4n) is 3.77. The summed E-state index contributed by atoms with van der Waals surface area (Å²) in [5, 5.41) is 10.7. The zero-order valence-electron chi connectivity index (χ0n) is 18.1. The number of aryl methyl sites for hydroxylation is 2. The summed E-state index contributed by atoms with van der Waals surface area (Å²) >= 11 is 0. The first-order valence-corrected chi connectivity index (χ1v) is 10.6. The minimum atomic E-state index is -0.613. The Morgan fingerprint density at radius 1 is 0.903 bits per heavy atom. The Kier molecular flexibility index (Phi) is 6.75. The van der Waals surface area contributed by atoms with Crippen LogP contribution in [-0.4, -0.2) is 36.1 Å². The van der Waals surface area contributed by atoms with E-state index in [2.05, 4.69) is 36.1 Å². The average Bonchev–Trinajstić information content (AvgIpc) is 3.23. The number of rotatable bonds is 9. The minimum absolute atomic E-state index is 0.246. The van der Waals surface area contributed by atoms with Crippen molar-refractivity contribution in [1.82, 2.24) is 4.90 Å². The molecule has 3 aromatic rings. The van der Waals surface area contributed by atoms with Gasteiger partial charge >= 0.3 is 0 Å². The van der Waals surface area contributed by atoms with E-state index in [-0.39, 0.29) is 13.4 Å². The molecule has 0 spiro atoms. The molecule has 0 saturated carbocycles. The standard InChI is InChI=1S/C26H29NO4/c1-19-7-3-5-9-22(19)15-27(14-21-11-12-25-26(13-21)31-18-30-25)16-23(28)17-29-24-10-6-4-8-20(24)2/h3-13,23,28H,14-18H2,1-2H3. The molecule has 4 rings (SSSR count). The molecule has 0 amide bonds. The van der Waals surface area contributed by atoms with E-state index in [1.165, 1.54) is 11.1 Å². The molecule has 1 aliphatic rings. The molecule has 0 radical (unpaired) electrons. The third-order valence-electron chi connectivity index (χ3n) is 5.49. The zero-order chi connectivity index (χ0) is 21.6. The Balaban J connectivity index is 1.45. The summed E-state index contributed by atoms with van der Waals surface area (Å²) in [7, 11) is 0. The van der Waals surface area contributed by atoms with Gasteiger partial charge in [-0.3, -0.25) is 4.90 Å². The smallest absolute Gasteiger partial charge is 0.231 e. The topological polar surface area (TPSA) is 51.2 Å². The Labute approximate surface area is 183 Å². The van der Waals surface area contributed by atoms with Crippen LogP contribution in [0, 0.1) is 13.8 Å². The summed E-state index contributed by atoms with van der Waals surface area (Å²) in [6.45, 7) is 6.55. The van der Waals surface area contributed by atoms with Crippen molar-refractivity contribution in [3.05, 3.63) is 89.0 Å². The lowest BCUT2D eigenvalue weighted by atomic mass is 10.1. The van der Waals surface area contributed by atoms with Crippen LogP contribution in [0.5, 0.6) is 17.2 Å². The van der Waals surface area contributed by atoms with Crippen LogP contribution in [-0.2, 0) is 13.1 Å². The number of benzene rings is 3. The molecule has 1 aliphatic heterocycles. The van der Waals surface area contributed by atoms with Crippen LogP contribution >= 0.6 is 0 Å². The molecular weight excluding hydrogens is 390 g/mol. The lowest BCUT2D eigenvalue weighted by Gasteiger charge is -2.26. The highest BCUT2D eigenvalue weighted by Gasteiger charge is 2.18. The molecular formula is C26H29NO4. The van der Waals surface area contributed by atoms with Crippen LogP contribution in [0.3, 0.4) is 0 Å². The predicted octanol–water partition coefficient (Wildman–Crippen LogP) is 4.47. The summed E-state index contributed by atoms with van der Waals surface area (Å²) in [6.07, 6.45) is -0.613. The van der Waals surface area contributed by atoms with Gasteiger partial charge in [0.1, 0.15) is 18.5 Å². The minimum Gasteiger partial charge on any atom is -0.491 e. The van der Waals surface area contributed by atoms with E-state index in [4.69, 9.17) is 14.2 Å². The van der Waals surface area contributed by atoms with Crippen LogP contribution in [0.25, 0.3) is 0 Å². The number of ether oxygens (including phenoxy) is 3. The molecule has 5 nitrogen and oxygen atoms in total. The van der Waals surface area contributed by atoms with E-state index in [0.29, 0.717) is 13.1 Å². The third-order valence-corrected chi connectivity index (χ3v) is 5.49. The fraction of sp³-hybridized carbons (Fsp3) is 0.308. The van der Waals surface area contributed by atoms with Gasteiger partial charge < -0.3 is 19.3 Å². The van der Waals surface area contributed by atoms with E-state index in [9.17, 15) is 5.11 Å². The van der Waals surface area contributed by atoms with E-state index < -0.39 is 6.10 Å². The lowest BCUT2D eigenvalue weighted by molar-refractivity contribution is 0.0625. The number of aliphatic hydroxyl groups is 1. The van der Waals surface area contributed by atoms with Gasteiger partial charge in [0.15, 0.2) is 11.5 Å². The molecule has 0 saturated heterocycles. The highest BCUT2D eigenvalue weighted by molar-refractivity contribution is 5.44. The highest BCUT2D eigenvalue weighted by atomic mass is 16.7. The number of nitrogens with zero attached hydrogens (tertiary/aromatic N) is 1. The monoisotopic (exact) mass is 419 g/mol. The van der Waals surface area contributed by atoms with Gasteiger partial charge in [-0.15, -0.1) is 0 Å². The lowest BCUT2D eigenvalue weighted by Crippen LogP contribution is -2.35. The van der Waals surface area contributed by atoms with Crippen LogP contribution in [0.1, 0.15) is 22.3 Å². The van der Waals surface area contributed by atoms with Crippen molar-refractivity contribution in [2.45, 2.75) is 33.0 Å². The second kappa shape index (κ2) is 9.86. The maximum atomic E-state index is 10.7. The van der Waals surface area contributed by atoms with Crippen molar-refractivity contribution in [1.29, 1.82) is 0 Å². The highest BCUT2D eigenvalue weighted by Crippen LogP contribution is 2.33. The normalized spacial score (nSPS) is 13.4. The average molecular weight is 420 g/mol. The van der Waals surface area contributed by atoms with Gasteiger partial charge in [0, 0.05) is 19.6 Å². The van der Waals surface area contributed by atoms with Gasteiger partial charge in [-0.25, -0.2) is 0 Å². The van der Waals surface area contributed by atoms with Gasteiger partial charge in [0.2, 0.25) is 6.79 Å². The summed E-state index contributed by atoms with van der Waals surface area (Å²) < 4.78 is 16.8. The Morgan fingerprint density at radius 3 is 2.45 bits per heavy atom. The zero-order valence-corrected chi connectivity index (χ0v) is 18.1. The van der Waals surface area contributed by atoms with Crippen LogP contribution < -0.4 is 14.2 Å². The van der Waals surface area contributed by atoms with E-state index in [1.807, 2.05) is 49.4 Å². The summed E-state index contributed by atoms with van der Waals surface area (Å²) in [5.41, 5.74) is 4.66. The first-order chi connectivity index (χ1) is 15.1. The van der Waals surface area contributed by atoms with E-state index in [0.717, 1.165) is 34.9 Å². The molecule has 0 aromatic heterocycles. The summed E-state index contributed by atoms with van der Waals surface area (Å²) in [5.74, 6) is 2.36. The molecule has 31 heavy (non-hydrogen) atoms. The maximum absolute atomic E-state index is 10.7. The number of hydrogen-bond donors (Lipinski definition) is 1. The van der Waals surface area contributed by atoms with Crippen molar-refractivity contribution >= 4 is 0 Å². The first kappa shape index (κ1) is 21.2. The molecule has 3 aromatic carbocycles. The number of para-hydroxylation sites is 1. The molecule has 0 fully saturated rings. The molecule has 1 heterocycles. The second-order valence-corrected chi connectivity index (χ2v) is 8.01. The van der Waals surface area contributed by atoms with Gasteiger partial charge in [-0.1, -0.05) is 48.5 Å². The SMILES string of the molecule is Cc1ccccc1CN(Cc1ccc2c(c1)OCO2)CC(O)COc1ccccc1C. The Morgan fingerprint density at radius 2 is 1.65 bits per heavy atom. The van der Waals surface area contributed by atoms with Gasteiger partial charge in [0.25, 0.3) is 0 Å². The Bertz CT molecular complexity index is 1020. The first-order valence-electron chi connectivity index (χ1n) is 10.6. The molecule has 1 atom stereocenters.